The molecule has 8 N–H and O–H groups in total. The van der Waals surface area contributed by atoms with Crippen LogP contribution in [0.25, 0.3) is 11.2 Å². The van der Waals surface area contributed by atoms with Gasteiger partial charge in [0.25, 0.3) is 5.97 Å². The summed E-state index contributed by atoms with van der Waals surface area (Å²) in [5.74, 6) is -3.32. The van der Waals surface area contributed by atoms with Gasteiger partial charge >= 0.3 is 23.5 Å². The Morgan fingerprint density at radius 3 is 2.53 bits per heavy atom. The van der Waals surface area contributed by atoms with Gasteiger partial charge in [0.2, 0.25) is 11.6 Å². The number of nitrogens with two attached hydrogens (primary N) is 1. The Bertz CT molecular complexity index is 1140. The lowest BCUT2D eigenvalue weighted by molar-refractivity contribution is -0.315. The van der Waals surface area contributed by atoms with Crippen molar-refractivity contribution >= 4 is 40.6 Å². The van der Waals surface area contributed by atoms with Crippen molar-refractivity contribution in [3.8, 4) is 0 Å². The zero-order valence-corrected chi connectivity index (χ0v) is 18.1. The van der Waals surface area contributed by atoms with Crippen molar-refractivity contribution in [3.63, 3.8) is 0 Å². The number of nitrogens with zero attached hydrogens (tertiary/aromatic N) is 4. The summed E-state index contributed by atoms with van der Waals surface area (Å²) in [6.07, 6.45) is -1.91. The van der Waals surface area contributed by atoms with Crippen LogP contribution >= 0.6 is 23.5 Å². The first-order chi connectivity index (χ1) is 14.6. The van der Waals surface area contributed by atoms with Crippen LogP contribution in [-0.2, 0) is 31.6 Å². The van der Waals surface area contributed by atoms with E-state index in [0.717, 1.165) is 12.5 Å². The van der Waals surface area contributed by atoms with E-state index in [0.29, 0.717) is 4.73 Å². The lowest BCUT2D eigenvalue weighted by Crippen LogP contribution is -2.33. The fourth-order valence-electron chi connectivity index (χ4n) is 2.45. The van der Waals surface area contributed by atoms with E-state index in [1.165, 1.54) is 0 Å². The number of aliphatic hydroxyl groups excluding tert-OH is 2. The zero-order valence-electron chi connectivity index (χ0n) is 15.4. The van der Waals surface area contributed by atoms with E-state index in [-0.39, 0.29) is 17.1 Å². The van der Waals surface area contributed by atoms with Crippen LogP contribution in [0.4, 0.5) is 5.95 Å². The highest BCUT2D eigenvalue weighted by Gasteiger charge is 2.55. The third-order valence-corrected chi connectivity index (χ3v) is 7.73. The monoisotopic (exact) mass is 523 g/mol. The Morgan fingerprint density at radius 1 is 1.25 bits per heavy atom. The summed E-state index contributed by atoms with van der Waals surface area (Å²) in [6.45, 7) is -0.818. The van der Waals surface area contributed by atoms with E-state index < -0.39 is 54.7 Å². The predicted molar refractivity (Wildman–Crippen MR) is 96.6 cm³/mol. The van der Waals surface area contributed by atoms with Gasteiger partial charge in [-0.1, -0.05) is 0 Å². The van der Waals surface area contributed by atoms with Gasteiger partial charge in [-0.3, -0.25) is 0 Å². The van der Waals surface area contributed by atoms with Crippen LogP contribution in [0, 0.1) is 0 Å². The smallest absolute Gasteiger partial charge is 0.394 e. The molecule has 0 saturated carbocycles. The van der Waals surface area contributed by atoms with Crippen LogP contribution in [0.2, 0.25) is 0 Å². The van der Waals surface area contributed by atoms with Gasteiger partial charge in [0.1, 0.15) is 17.9 Å². The van der Waals surface area contributed by atoms with Crippen molar-refractivity contribution in [2.45, 2.75) is 24.6 Å². The summed E-state index contributed by atoms with van der Waals surface area (Å²) in [6, 6.07) is 0. The number of aromatic nitrogens is 4. The maximum Gasteiger partial charge on any atom is 0.562 e. The maximum atomic E-state index is 13.1. The van der Waals surface area contributed by atoms with Crippen LogP contribution < -0.4 is 10.4 Å². The second-order valence-corrected chi connectivity index (χ2v) is 10.5. The molecular formula is C10H16N5O14P3. The average molecular weight is 523 g/mol. The predicted octanol–water partition coefficient (Wildman–Crippen LogP) is -2.02. The number of phosphoric acid groups is 3. The highest BCUT2D eigenvalue weighted by atomic mass is 31.3. The topological polar surface area (TPSA) is 288 Å². The maximum absolute atomic E-state index is 13.1. The number of fused-ring (bicyclic) bond motifs is 1. The largest absolute Gasteiger partial charge is 0.562 e. The summed E-state index contributed by atoms with van der Waals surface area (Å²) >= 11 is 0. The Balaban J connectivity index is 1.97. The van der Waals surface area contributed by atoms with Crippen LogP contribution in [0.5, 0.6) is 0 Å². The summed E-state index contributed by atoms with van der Waals surface area (Å²) in [5.41, 5.74) is 5.17. The van der Waals surface area contributed by atoms with Gasteiger partial charge in [-0.2, -0.15) is 13.6 Å². The van der Waals surface area contributed by atoms with E-state index in [4.69, 9.17) is 30.0 Å². The number of hydrogen-bond acceptors (Lipinski definition) is 15. The number of anilines is 1. The van der Waals surface area contributed by atoms with Crippen molar-refractivity contribution in [2.24, 2.45) is 0 Å². The molecule has 1 aliphatic heterocycles. The number of ether oxygens (including phenoxy) is 1. The molecule has 180 valence electrons. The lowest BCUT2D eigenvalue weighted by atomic mass is 10.2. The molecule has 3 heterocycles. The van der Waals surface area contributed by atoms with Crippen molar-refractivity contribution < 1.29 is 66.2 Å². The lowest BCUT2D eigenvalue weighted by Gasteiger charge is -2.27. The first-order valence-corrected chi connectivity index (χ1v) is 12.6. The second kappa shape index (κ2) is 8.66. The molecule has 3 rings (SSSR count). The molecule has 2 unspecified atom stereocenters. The number of hydrogen-bond donors (Lipinski definition) is 7. The molecule has 0 aliphatic carbocycles. The van der Waals surface area contributed by atoms with Gasteiger partial charge < -0.3 is 45.1 Å². The highest BCUT2D eigenvalue weighted by Crippen LogP contribution is 2.68. The quantitative estimate of drug-likeness (QED) is 0.138. The number of aliphatic hydroxyl groups is 3. The minimum Gasteiger partial charge on any atom is -0.394 e. The normalized spacial score (nSPS) is 27.8. The molecule has 2 aromatic rings. The number of nitrogen functional groups attached to an aromatic ring is 1. The molecule has 5 atom stereocenters. The van der Waals surface area contributed by atoms with Crippen LogP contribution in [-0.4, -0.2) is 74.5 Å². The Labute approximate surface area is 176 Å². The number of imidazole rings is 1. The van der Waals surface area contributed by atoms with Gasteiger partial charge in [-0.15, -0.1) is 4.73 Å². The Morgan fingerprint density at radius 2 is 1.94 bits per heavy atom. The van der Waals surface area contributed by atoms with Gasteiger partial charge in [0.05, 0.1) is 25.3 Å². The third kappa shape index (κ3) is 6.06. The molecule has 0 spiro atoms. The average Bonchev–Trinajstić information content (AvgIpc) is 3.11. The summed E-state index contributed by atoms with van der Waals surface area (Å²) in [4.78, 5) is 38.2. The molecule has 1 aliphatic rings. The van der Waals surface area contributed by atoms with Crippen molar-refractivity contribution in [1.82, 2.24) is 19.7 Å². The van der Waals surface area contributed by atoms with Gasteiger partial charge in [0, 0.05) is 0 Å². The third-order valence-electron chi connectivity index (χ3n) is 3.55. The first kappa shape index (κ1) is 25.1. The molecule has 19 nitrogen and oxygen atoms in total. The SMILES string of the molecule is Nc1ncc2ncn(OP(=O)(O[C@]3(O)C[C@H](O)[C@@H](CO)O3)OP(=O)(O)OP(=O)(O)O)c2n1. The van der Waals surface area contributed by atoms with Crippen LogP contribution in [0.15, 0.2) is 12.5 Å². The molecule has 0 aromatic carbocycles. The molecular weight excluding hydrogens is 507 g/mol. The Hall–Kier alpha value is -1.56. The molecule has 2 aromatic heterocycles. The van der Waals surface area contributed by atoms with Crippen molar-refractivity contribution in [2.75, 3.05) is 12.3 Å². The van der Waals surface area contributed by atoms with E-state index >= 15 is 0 Å². The van der Waals surface area contributed by atoms with Crippen LogP contribution in [0.1, 0.15) is 6.42 Å². The van der Waals surface area contributed by atoms with Gasteiger partial charge in [0.15, 0.2) is 0 Å². The van der Waals surface area contributed by atoms with E-state index in [9.17, 15) is 28.8 Å². The van der Waals surface area contributed by atoms with Crippen molar-refractivity contribution in [1.29, 1.82) is 0 Å². The van der Waals surface area contributed by atoms with Crippen LogP contribution in [0.3, 0.4) is 0 Å². The fraction of sp³-hybridized carbons (Fsp3) is 0.500. The van der Waals surface area contributed by atoms with E-state index in [2.05, 4.69) is 28.1 Å². The fourth-order valence-corrected chi connectivity index (χ4v) is 6.01. The van der Waals surface area contributed by atoms with E-state index in [1.54, 1.807) is 0 Å². The molecule has 0 radical (unpaired) electrons. The zero-order chi connectivity index (χ0) is 23.9. The molecule has 1 saturated heterocycles. The molecule has 22 heteroatoms. The standard InChI is InChI=1S/C10H16N5O14P3/c11-9-12-2-5-8(14-9)15(4-13-5)27-32(24,29-31(22,23)28-30(19,20)21)26-10(18)1-6(17)7(3-16)25-10/h2,4,6-7,16-18H,1,3H2,(H,22,23)(H2,11,12,14)(H2,19,20,21)/t6-,7+,10-,32?/m0/s1. The summed E-state index contributed by atoms with van der Waals surface area (Å²) in [7, 11) is -17.2. The van der Waals surface area contributed by atoms with Gasteiger partial charge in [-0.25, -0.2) is 28.2 Å². The highest BCUT2D eigenvalue weighted by molar-refractivity contribution is 7.66. The number of rotatable bonds is 9. The minimum atomic E-state index is -5.89. The molecule has 0 bridgehead atoms. The molecule has 32 heavy (non-hydrogen) atoms. The minimum absolute atomic E-state index is 0.0102. The summed E-state index contributed by atoms with van der Waals surface area (Å²) < 4.78 is 58.5. The first-order valence-electron chi connectivity index (χ1n) is 8.09. The van der Waals surface area contributed by atoms with E-state index in [1.807, 2.05) is 0 Å². The Kier molecular flexibility index (Phi) is 6.78. The molecule has 0 amide bonds. The summed E-state index contributed by atoms with van der Waals surface area (Å²) in [5, 5.41) is 29.2. The molecule has 1 fully saturated rings. The van der Waals surface area contributed by atoms with Gasteiger partial charge in [-0.05, 0) is 0 Å². The second-order valence-electron chi connectivity index (χ2n) is 6.07. The van der Waals surface area contributed by atoms with Crippen molar-refractivity contribution in [3.05, 3.63) is 12.5 Å².